The van der Waals surface area contributed by atoms with E-state index in [9.17, 15) is 4.57 Å². The predicted molar refractivity (Wildman–Crippen MR) is 59.2 cm³/mol. The van der Waals surface area contributed by atoms with Gasteiger partial charge in [0.15, 0.2) is 0 Å². The van der Waals surface area contributed by atoms with Gasteiger partial charge in [0.1, 0.15) is 0 Å². The fraction of sp³-hybridized carbons (Fsp3) is 1.00. The fourth-order valence-electron chi connectivity index (χ4n) is 2.41. The summed E-state index contributed by atoms with van der Waals surface area (Å²) in [6.45, 7) is 4.51. The van der Waals surface area contributed by atoms with Crippen molar-refractivity contribution >= 4 is 7.52 Å². The van der Waals surface area contributed by atoms with Crippen molar-refractivity contribution < 1.29 is 9.46 Å². The Morgan fingerprint density at radius 1 is 1.36 bits per heavy atom. The van der Waals surface area contributed by atoms with Crippen molar-refractivity contribution in [1.82, 2.24) is 0 Å². The van der Waals surface area contributed by atoms with Crippen LogP contribution in [0.3, 0.4) is 0 Å². The highest BCUT2D eigenvalue weighted by Crippen LogP contribution is 2.40. The van der Waals surface area contributed by atoms with Crippen molar-refractivity contribution in [2.45, 2.75) is 39.5 Å². The molecule has 1 aliphatic rings. The molecule has 0 spiro atoms. The number of hydrogen-bond acceptors (Lipinski definition) is 1. The van der Waals surface area contributed by atoms with Gasteiger partial charge in [0.25, 0.3) is 7.52 Å². The summed E-state index contributed by atoms with van der Waals surface area (Å²) < 4.78 is 11.0. The average Bonchev–Trinajstić information content (AvgIpc) is 2.02. The van der Waals surface area contributed by atoms with E-state index < -0.39 is 7.52 Å². The molecule has 4 heteroatoms. The molecule has 0 aromatic heterocycles. The van der Waals surface area contributed by atoms with Crippen molar-refractivity contribution in [3.05, 3.63) is 0 Å². The minimum Gasteiger partial charge on any atom is -0.333 e. The van der Waals surface area contributed by atoms with Gasteiger partial charge in [-0.05, 0) is 43.4 Å². The topological polar surface area (TPSA) is 63.3 Å². The van der Waals surface area contributed by atoms with E-state index in [1.54, 1.807) is 0 Å². The van der Waals surface area contributed by atoms with Gasteiger partial charge in [-0.15, -0.1) is 0 Å². The zero-order chi connectivity index (χ0) is 10.8. The minimum atomic E-state index is -3.28. The van der Waals surface area contributed by atoms with Gasteiger partial charge >= 0.3 is 0 Å². The average molecular weight is 219 g/mol. The first-order valence-electron chi connectivity index (χ1n) is 5.49. The summed E-state index contributed by atoms with van der Waals surface area (Å²) in [5.41, 5.74) is 5.17. The van der Waals surface area contributed by atoms with Gasteiger partial charge < -0.3 is 4.89 Å². The molecule has 0 aromatic rings. The van der Waals surface area contributed by atoms with Gasteiger partial charge in [-0.25, -0.2) is 0 Å². The Morgan fingerprint density at radius 3 is 2.21 bits per heavy atom. The summed E-state index contributed by atoms with van der Waals surface area (Å²) >= 11 is 0. The maximum absolute atomic E-state index is 11.0. The van der Waals surface area contributed by atoms with Crippen LogP contribution in [-0.4, -0.2) is 11.1 Å². The third-order valence-corrected chi connectivity index (χ3v) is 4.39. The molecule has 1 rings (SSSR count). The number of nitrogens with two attached hydrogens (primary N) is 1. The lowest BCUT2D eigenvalue weighted by atomic mass is 9.77. The third-order valence-electron chi connectivity index (χ3n) is 3.35. The molecule has 0 radical (unpaired) electrons. The quantitative estimate of drug-likeness (QED) is 0.717. The third kappa shape index (κ3) is 4.12. The van der Waals surface area contributed by atoms with Crippen LogP contribution in [0.2, 0.25) is 0 Å². The van der Waals surface area contributed by atoms with Crippen LogP contribution < -0.4 is 5.50 Å². The van der Waals surface area contributed by atoms with Crippen LogP contribution in [0.4, 0.5) is 0 Å². The molecule has 1 fully saturated rings. The summed E-state index contributed by atoms with van der Waals surface area (Å²) in [5.74, 6) is 1.93. The second-order valence-electron chi connectivity index (χ2n) is 4.96. The van der Waals surface area contributed by atoms with Gasteiger partial charge in [0, 0.05) is 6.16 Å². The van der Waals surface area contributed by atoms with Crippen molar-refractivity contribution in [3.63, 3.8) is 0 Å². The summed E-state index contributed by atoms with van der Waals surface area (Å²) in [6.07, 6.45) is 4.86. The molecule has 1 atom stereocenters. The van der Waals surface area contributed by atoms with Crippen LogP contribution >= 0.6 is 7.52 Å². The van der Waals surface area contributed by atoms with E-state index in [-0.39, 0.29) is 0 Å². The first-order chi connectivity index (χ1) is 6.38. The lowest BCUT2D eigenvalue weighted by Crippen LogP contribution is -2.21. The van der Waals surface area contributed by atoms with Gasteiger partial charge in [-0.1, -0.05) is 13.8 Å². The lowest BCUT2D eigenvalue weighted by molar-refractivity contribution is 0.233. The smallest absolute Gasteiger partial charge is 0.264 e. The Bertz CT molecular complexity index is 216. The molecule has 0 amide bonds. The van der Waals surface area contributed by atoms with E-state index >= 15 is 0 Å². The van der Waals surface area contributed by atoms with Crippen LogP contribution in [0.1, 0.15) is 39.5 Å². The monoisotopic (exact) mass is 219 g/mol. The van der Waals surface area contributed by atoms with Crippen LogP contribution in [0.25, 0.3) is 0 Å². The zero-order valence-electron chi connectivity index (χ0n) is 9.15. The van der Waals surface area contributed by atoms with Crippen molar-refractivity contribution in [2.24, 2.45) is 23.3 Å². The molecule has 0 aromatic carbocycles. The first-order valence-corrected chi connectivity index (χ1v) is 7.40. The van der Waals surface area contributed by atoms with E-state index in [1.807, 2.05) is 0 Å². The Morgan fingerprint density at radius 2 is 1.86 bits per heavy atom. The zero-order valence-corrected chi connectivity index (χ0v) is 10.0. The first kappa shape index (κ1) is 12.2. The van der Waals surface area contributed by atoms with Gasteiger partial charge in [-0.2, -0.15) is 0 Å². The lowest BCUT2D eigenvalue weighted by Gasteiger charge is -2.31. The van der Waals surface area contributed by atoms with Gasteiger partial charge in [0.05, 0.1) is 0 Å². The Hall–Kier alpha value is 0.150. The van der Waals surface area contributed by atoms with E-state index in [4.69, 9.17) is 10.4 Å². The van der Waals surface area contributed by atoms with Crippen LogP contribution in [-0.2, 0) is 4.57 Å². The Kier molecular flexibility index (Phi) is 4.17. The number of rotatable bonds is 3. The van der Waals surface area contributed by atoms with E-state index in [0.29, 0.717) is 12.1 Å². The largest absolute Gasteiger partial charge is 0.333 e. The van der Waals surface area contributed by atoms with Crippen molar-refractivity contribution in [1.29, 1.82) is 0 Å². The van der Waals surface area contributed by atoms with E-state index in [1.165, 1.54) is 12.8 Å². The fourth-order valence-corrected chi connectivity index (χ4v) is 3.51. The van der Waals surface area contributed by atoms with Crippen LogP contribution in [0.5, 0.6) is 0 Å². The highest BCUT2D eigenvalue weighted by atomic mass is 31.2. The second-order valence-corrected chi connectivity index (χ2v) is 6.84. The van der Waals surface area contributed by atoms with Gasteiger partial charge in [0.2, 0.25) is 0 Å². The summed E-state index contributed by atoms with van der Waals surface area (Å²) in [5, 5.41) is 0. The van der Waals surface area contributed by atoms with Crippen molar-refractivity contribution in [3.8, 4) is 0 Å². The number of hydrogen-bond donors (Lipinski definition) is 2. The predicted octanol–water partition coefficient (Wildman–Crippen LogP) is 2.59. The molecule has 1 aliphatic carbocycles. The highest BCUT2D eigenvalue weighted by Gasteiger charge is 2.26. The molecule has 3 nitrogen and oxygen atoms in total. The molecule has 1 saturated carbocycles. The molecule has 1 unspecified atom stereocenters. The van der Waals surface area contributed by atoms with Gasteiger partial charge in [-0.3, -0.25) is 10.1 Å². The SMILES string of the molecule is CC(C)C1CCC(CP(N)(=O)O)CC1. The molecule has 0 heterocycles. The molecular weight excluding hydrogens is 197 g/mol. The van der Waals surface area contributed by atoms with Crippen LogP contribution in [0.15, 0.2) is 0 Å². The summed E-state index contributed by atoms with van der Waals surface area (Å²) in [6, 6.07) is 0. The molecule has 0 bridgehead atoms. The molecular formula is C10H22NO2P. The van der Waals surface area contributed by atoms with E-state index in [2.05, 4.69) is 13.8 Å². The molecule has 0 aliphatic heterocycles. The minimum absolute atomic E-state index is 0.317. The molecule has 3 N–H and O–H groups in total. The normalized spacial score (nSPS) is 32.9. The Labute approximate surface area is 86.6 Å². The molecule has 84 valence electrons. The summed E-state index contributed by atoms with van der Waals surface area (Å²) in [7, 11) is -3.28. The molecule has 0 saturated heterocycles. The molecule has 14 heavy (non-hydrogen) atoms. The maximum atomic E-state index is 11.0. The summed E-state index contributed by atoms with van der Waals surface area (Å²) in [4.78, 5) is 9.08. The second kappa shape index (κ2) is 4.78. The van der Waals surface area contributed by atoms with Crippen molar-refractivity contribution in [2.75, 3.05) is 6.16 Å². The standard InChI is InChI=1S/C10H22NO2P/c1-8(2)10-5-3-9(4-6-10)7-14(11,12)13/h8-10H,3-7H2,1-2H3,(H3,11,12,13). The highest BCUT2D eigenvalue weighted by molar-refractivity contribution is 7.55. The maximum Gasteiger partial charge on any atom is 0.264 e. The van der Waals surface area contributed by atoms with Crippen LogP contribution in [0, 0.1) is 17.8 Å². The Balaban J connectivity index is 2.33. The van der Waals surface area contributed by atoms with E-state index in [0.717, 1.165) is 24.7 Å².